The number of benzene rings is 1. The molecule has 5 heteroatoms. The maximum Gasteiger partial charge on any atom is 0.256 e. The van der Waals surface area contributed by atoms with Crippen LogP contribution in [-0.2, 0) is 6.42 Å². The van der Waals surface area contributed by atoms with Crippen molar-refractivity contribution in [1.29, 1.82) is 0 Å². The fourth-order valence-corrected chi connectivity index (χ4v) is 2.88. The van der Waals surface area contributed by atoms with Gasteiger partial charge in [0.2, 0.25) is 5.22 Å². The number of amides is 1. The highest BCUT2D eigenvalue weighted by molar-refractivity contribution is 6.32. The molecule has 1 aliphatic carbocycles. The van der Waals surface area contributed by atoms with Gasteiger partial charge in [0.05, 0.1) is 17.9 Å². The van der Waals surface area contributed by atoms with Crippen LogP contribution in [0.2, 0.25) is 5.22 Å². The lowest BCUT2D eigenvalue weighted by Gasteiger charge is -2.26. The predicted molar refractivity (Wildman–Crippen MR) is 77.7 cm³/mol. The summed E-state index contributed by atoms with van der Waals surface area (Å²) in [5.74, 6) is -0.210. The highest BCUT2D eigenvalue weighted by Gasteiger charge is 2.23. The molecule has 1 aromatic carbocycles. The minimum absolute atomic E-state index is 0.00202. The van der Waals surface area contributed by atoms with Crippen LogP contribution in [0.1, 0.15) is 40.4 Å². The summed E-state index contributed by atoms with van der Waals surface area (Å²) in [6.07, 6.45) is 4.35. The summed E-state index contributed by atoms with van der Waals surface area (Å²) < 4.78 is 4.95. The second kappa shape index (κ2) is 5.21. The van der Waals surface area contributed by atoms with Gasteiger partial charge < -0.3 is 15.5 Å². The first-order valence-electron chi connectivity index (χ1n) is 6.57. The number of rotatable bonds is 2. The van der Waals surface area contributed by atoms with Gasteiger partial charge in [-0.1, -0.05) is 6.07 Å². The lowest BCUT2D eigenvalue weighted by Crippen LogP contribution is -2.30. The van der Waals surface area contributed by atoms with Gasteiger partial charge in [0.1, 0.15) is 0 Å². The number of hydrogen-bond donors (Lipinski definition) is 2. The number of aryl methyl sites for hydroxylation is 1. The molecule has 1 heterocycles. The average molecular weight is 291 g/mol. The molecule has 20 heavy (non-hydrogen) atoms. The lowest BCUT2D eigenvalue weighted by molar-refractivity contribution is 0.0932. The molecule has 0 aliphatic heterocycles. The van der Waals surface area contributed by atoms with Crippen LogP contribution in [0, 0.1) is 0 Å². The van der Waals surface area contributed by atoms with Gasteiger partial charge >= 0.3 is 0 Å². The van der Waals surface area contributed by atoms with Crippen molar-refractivity contribution in [3.05, 3.63) is 52.4 Å². The van der Waals surface area contributed by atoms with Gasteiger partial charge in [-0.25, -0.2) is 0 Å². The first kappa shape index (κ1) is 13.1. The Labute approximate surface area is 121 Å². The molecule has 1 aromatic heterocycles. The number of halogens is 1. The Morgan fingerprint density at radius 2 is 2.25 bits per heavy atom. The molecule has 0 saturated heterocycles. The van der Waals surface area contributed by atoms with Crippen LogP contribution in [0.15, 0.2) is 34.9 Å². The van der Waals surface area contributed by atoms with E-state index in [1.165, 1.54) is 11.8 Å². The number of hydrogen-bond acceptors (Lipinski definition) is 3. The second-order valence-electron chi connectivity index (χ2n) is 4.98. The Morgan fingerprint density at radius 3 is 3.00 bits per heavy atom. The van der Waals surface area contributed by atoms with Crippen molar-refractivity contribution in [3.63, 3.8) is 0 Å². The van der Waals surface area contributed by atoms with Gasteiger partial charge in [-0.3, -0.25) is 4.79 Å². The first-order chi connectivity index (χ1) is 9.65. The number of nitrogens with one attached hydrogen (secondary N) is 1. The third-order valence-corrected chi connectivity index (χ3v) is 3.94. The van der Waals surface area contributed by atoms with E-state index in [2.05, 4.69) is 5.32 Å². The highest BCUT2D eigenvalue weighted by Crippen LogP contribution is 2.31. The quantitative estimate of drug-likeness (QED) is 0.834. The van der Waals surface area contributed by atoms with Crippen molar-refractivity contribution in [2.75, 3.05) is 5.73 Å². The number of fused-ring (bicyclic) bond motifs is 1. The Bertz CT molecular complexity index is 651. The minimum atomic E-state index is -0.210. The van der Waals surface area contributed by atoms with Gasteiger partial charge in [-0.05, 0) is 60.2 Å². The standard InChI is InChI=1S/C15H15ClN2O2/c16-14-12(6-7-20-14)15(19)18-13-3-1-2-9-8-10(17)4-5-11(9)13/h4-8,13H,1-3,17H2,(H,18,19). The van der Waals surface area contributed by atoms with Gasteiger partial charge in [0, 0.05) is 5.69 Å². The smallest absolute Gasteiger partial charge is 0.256 e. The van der Waals surface area contributed by atoms with Crippen molar-refractivity contribution >= 4 is 23.2 Å². The van der Waals surface area contributed by atoms with Crippen LogP contribution in [-0.4, -0.2) is 5.91 Å². The minimum Gasteiger partial charge on any atom is -0.452 e. The largest absolute Gasteiger partial charge is 0.452 e. The van der Waals surface area contributed by atoms with E-state index in [-0.39, 0.29) is 17.2 Å². The van der Waals surface area contributed by atoms with Crippen molar-refractivity contribution in [1.82, 2.24) is 5.32 Å². The average Bonchev–Trinajstić information content (AvgIpc) is 2.85. The zero-order valence-corrected chi connectivity index (χ0v) is 11.6. The maximum atomic E-state index is 12.2. The zero-order valence-electron chi connectivity index (χ0n) is 10.9. The number of carbonyl (C=O) groups is 1. The Hall–Kier alpha value is -1.94. The Kier molecular flexibility index (Phi) is 3.40. The topological polar surface area (TPSA) is 68.3 Å². The van der Waals surface area contributed by atoms with E-state index >= 15 is 0 Å². The van der Waals surface area contributed by atoms with E-state index in [0.29, 0.717) is 5.56 Å². The molecule has 1 atom stereocenters. The molecule has 0 bridgehead atoms. The van der Waals surface area contributed by atoms with Gasteiger partial charge in [0.15, 0.2) is 0 Å². The fourth-order valence-electron chi connectivity index (χ4n) is 2.68. The van der Waals surface area contributed by atoms with E-state index in [9.17, 15) is 4.79 Å². The lowest BCUT2D eigenvalue weighted by atomic mass is 9.87. The molecule has 1 aliphatic rings. The first-order valence-corrected chi connectivity index (χ1v) is 6.95. The summed E-state index contributed by atoms with van der Waals surface area (Å²) >= 11 is 5.83. The molecule has 0 radical (unpaired) electrons. The summed E-state index contributed by atoms with van der Waals surface area (Å²) in [7, 11) is 0. The SMILES string of the molecule is Nc1ccc2c(c1)CCCC2NC(=O)c1ccoc1Cl. The Morgan fingerprint density at radius 1 is 1.40 bits per heavy atom. The van der Waals surface area contributed by atoms with E-state index in [1.54, 1.807) is 6.07 Å². The van der Waals surface area contributed by atoms with Crippen LogP contribution in [0.4, 0.5) is 5.69 Å². The Balaban J connectivity index is 1.83. The third-order valence-electron chi connectivity index (χ3n) is 3.65. The highest BCUT2D eigenvalue weighted by atomic mass is 35.5. The normalized spacial score (nSPS) is 17.6. The van der Waals surface area contributed by atoms with Gasteiger partial charge in [-0.15, -0.1) is 0 Å². The van der Waals surface area contributed by atoms with E-state index in [0.717, 1.165) is 30.5 Å². The number of carbonyl (C=O) groups excluding carboxylic acids is 1. The van der Waals surface area contributed by atoms with E-state index in [4.69, 9.17) is 21.8 Å². The molecule has 0 saturated carbocycles. The molecule has 2 aromatic rings. The molecule has 3 N–H and O–H groups in total. The molecule has 0 fully saturated rings. The number of nitrogens with two attached hydrogens (primary N) is 1. The molecular formula is C15H15ClN2O2. The number of anilines is 1. The zero-order chi connectivity index (χ0) is 14.1. The molecular weight excluding hydrogens is 276 g/mol. The summed E-state index contributed by atoms with van der Waals surface area (Å²) in [6, 6.07) is 7.42. The van der Waals surface area contributed by atoms with Gasteiger partial charge in [-0.2, -0.15) is 0 Å². The third kappa shape index (κ3) is 2.39. The summed E-state index contributed by atoms with van der Waals surface area (Å²) in [5.41, 5.74) is 9.28. The predicted octanol–water partition coefficient (Wildman–Crippen LogP) is 3.32. The van der Waals surface area contributed by atoms with Gasteiger partial charge in [0.25, 0.3) is 5.91 Å². The summed E-state index contributed by atoms with van der Waals surface area (Å²) in [6.45, 7) is 0. The van der Waals surface area contributed by atoms with Crippen LogP contribution in [0.25, 0.3) is 0 Å². The van der Waals surface area contributed by atoms with Crippen molar-refractivity contribution in [2.24, 2.45) is 0 Å². The van der Waals surface area contributed by atoms with Crippen molar-refractivity contribution in [2.45, 2.75) is 25.3 Å². The molecule has 0 spiro atoms. The second-order valence-corrected chi connectivity index (χ2v) is 5.33. The van der Waals surface area contributed by atoms with Crippen molar-refractivity contribution in [3.8, 4) is 0 Å². The van der Waals surface area contributed by atoms with Crippen LogP contribution in [0.3, 0.4) is 0 Å². The number of furan rings is 1. The maximum absolute atomic E-state index is 12.2. The van der Waals surface area contributed by atoms with Crippen molar-refractivity contribution < 1.29 is 9.21 Å². The van der Waals surface area contributed by atoms with Crippen LogP contribution in [0.5, 0.6) is 0 Å². The molecule has 3 rings (SSSR count). The van der Waals surface area contributed by atoms with Crippen LogP contribution < -0.4 is 11.1 Å². The molecule has 104 valence electrons. The van der Waals surface area contributed by atoms with E-state index in [1.807, 2.05) is 18.2 Å². The monoisotopic (exact) mass is 290 g/mol. The summed E-state index contributed by atoms with van der Waals surface area (Å²) in [5, 5.41) is 3.13. The fraction of sp³-hybridized carbons (Fsp3) is 0.267. The molecule has 4 nitrogen and oxygen atoms in total. The molecule has 1 amide bonds. The van der Waals surface area contributed by atoms with E-state index < -0.39 is 0 Å². The number of nitrogen functional groups attached to an aromatic ring is 1. The molecule has 1 unspecified atom stereocenters. The van der Waals surface area contributed by atoms with Crippen LogP contribution >= 0.6 is 11.6 Å². The summed E-state index contributed by atoms with van der Waals surface area (Å²) in [4.78, 5) is 12.2.